The van der Waals surface area contributed by atoms with Crippen molar-refractivity contribution >= 4 is 16.7 Å². The molecule has 0 aromatic carbocycles. The quantitative estimate of drug-likeness (QED) is 0.892. The first-order valence-corrected chi connectivity index (χ1v) is 6.60. The highest BCUT2D eigenvalue weighted by Crippen LogP contribution is 2.22. The Morgan fingerprint density at radius 2 is 2.24 bits per heavy atom. The molecule has 0 aliphatic carbocycles. The maximum Gasteiger partial charge on any atom is 0.202 e. The molecule has 0 radical (unpaired) electrons. The summed E-state index contributed by atoms with van der Waals surface area (Å²) in [5.41, 5.74) is 0.000873. The van der Waals surface area contributed by atoms with E-state index in [9.17, 15) is 0 Å². The molecule has 2 rings (SSSR count). The summed E-state index contributed by atoms with van der Waals surface area (Å²) < 4.78 is 15.2. The van der Waals surface area contributed by atoms with Crippen molar-refractivity contribution in [3.63, 3.8) is 0 Å². The summed E-state index contributed by atoms with van der Waals surface area (Å²) in [4.78, 5) is 4.47. The van der Waals surface area contributed by atoms with Gasteiger partial charge in [-0.15, -0.1) is 0 Å². The van der Waals surface area contributed by atoms with Crippen molar-refractivity contribution in [2.45, 2.75) is 32.3 Å². The molecule has 96 valence electrons. The van der Waals surface area contributed by atoms with Gasteiger partial charge in [-0.05, 0) is 0 Å². The molecule has 1 aliphatic heterocycles. The largest absolute Gasteiger partial charge is 0.376 e. The summed E-state index contributed by atoms with van der Waals surface area (Å²) in [7, 11) is 0. The lowest BCUT2D eigenvalue weighted by atomic mass is 9.96. The summed E-state index contributed by atoms with van der Waals surface area (Å²) >= 11 is 1.40. The molecule has 1 fully saturated rings. The van der Waals surface area contributed by atoms with Gasteiger partial charge < -0.3 is 14.8 Å². The van der Waals surface area contributed by atoms with Crippen LogP contribution < -0.4 is 5.32 Å². The molecule has 1 aromatic heterocycles. The van der Waals surface area contributed by atoms with Crippen molar-refractivity contribution in [1.29, 1.82) is 0 Å². The number of hydrogen-bond acceptors (Lipinski definition) is 6. The molecule has 17 heavy (non-hydrogen) atoms. The highest BCUT2D eigenvalue weighted by molar-refractivity contribution is 7.09. The summed E-state index contributed by atoms with van der Waals surface area (Å²) in [5, 5.41) is 4.10. The molecular formula is C11H19N3O2S. The van der Waals surface area contributed by atoms with E-state index in [0.717, 1.165) is 17.5 Å². The lowest BCUT2D eigenvalue weighted by molar-refractivity contribution is -0.0818. The lowest BCUT2D eigenvalue weighted by Crippen LogP contribution is -2.34. The Morgan fingerprint density at radius 1 is 1.41 bits per heavy atom. The first-order chi connectivity index (χ1) is 8.05. The monoisotopic (exact) mass is 257 g/mol. The van der Waals surface area contributed by atoms with Crippen LogP contribution in [0.1, 0.15) is 26.6 Å². The fourth-order valence-electron chi connectivity index (χ4n) is 1.46. The molecule has 1 atom stereocenters. The number of ether oxygens (including phenoxy) is 2. The van der Waals surface area contributed by atoms with E-state index in [1.807, 2.05) is 0 Å². The van der Waals surface area contributed by atoms with E-state index in [4.69, 9.17) is 9.47 Å². The first-order valence-electron chi connectivity index (χ1n) is 5.83. The minimum Gasteiger partial charge on any atom is -0.376 e. The Morgan fingerprint density at radius 3 is 2.82 bits per heavy atom. The van der Waals surface area contributed by atoms with Gasteiger partial charge in [-0.1, -0.05) is 20.8 Å². The minimum absolute atomic E-state index is 0.000873. The number of rotatable bonds is 3. The molecular weight excluding hydrogens is 238 g/mol. The number of hydrogen-bond donors (Lipinski definition) is 1. The van der Waals surface area contributed by atoms with Crippen LogP contribution in [0, 0.1) is 0 Å². The molecule has 1 N–H and O–H groups in total. The standard InChI is InChI=1S/C11H19N3O2S/c1-11(2,3)9-13-10(17-14-9)12-6-8-7-15-4-5-16-8/h8H,4-7H2,1-3H3,(H,12,13,14). The zero-order valence-electron chi connectivity index (χ0n) is 10.5. The van der Waals surface area contributed by atoms with E-state index < -0.39 is 0 Å². The fourth-order valence-corrected chi connectivity index (χ4v) is 2.22. The Kier molecular flexibility index (Phi) is 3.96. The van der Waals surface area contributed by atoms with Gasteiger partial charge in [-0.25, -0.2) is 4.98 Å². The average molecular weight is 257 g/mol. The summed E-state index contributed by atoms with van der Waals surface area (Å²) in [6.45, 7) is 9.07. The third-order valence-corrected chi connectivity index (χ3v) is 3.14. The Bertz CT molecular complexity index is 356. The lowest BCUT2D eigenvalue weighted by Gasteiger charge is -2.22. The van der Waals surface area contributed by atoms with Crippen molar-refractivity contribution in [2.24, 2.45) is 0 Å². The van der Waals surface area contributed by atoms with Crippen LogP contribution in [-0.2, 0) is 14.9 Å². The first kappa shape index (κ1) is 12.7. The molecule has 1 aliphatic rings. The van der Waals surface area contributed by atoms with Crippen LogP contribution in [-0.4, -0.2) is 41.8 Å². The normalized spacial score (nSPS) is 21.5. The number of anilines is 1. The molecule has 6 heteroatoms. The maximum absolute atomic E-state index is 5.54. The van der Waals surface area contributed by atoms with Gasteiger partial charge in [0.1, 0.15) is 5.82 Å². The topological polar surface area (TPSA) is 56.3 Å². The number of nitrogens with zero attached hydrogens (tertiary/aromatic N) is 2. The summed E-state index contributed by atoms with van der Waals surface area (Å²) in [6, 6.07) is 0. The Balaban J connectivity index is 1.84. The van der Waals surface area contributed by atoms with Crippen molar-refractivity contribution < 1.29 is 9.47 Å². The van der Waals surface area contributed by atoms with E-state index in [0.29, 0.717) is 19.8 Å². The SMILES string of the molecule is CC(C)(C)c1nsc(NCC2COCCO2)n1. The molecule has 2 heterocycles. The molecule has 0 saturated carbocycles. The highest BCUT2D eigenvalue weighted by Gasteiger charge is 2.20. The van der Waals surface area contributed by atoms with Crippen LogP contribution >= 0.6 is 11.5 Å². The van der Waals surface area contributed by atoms with Gasteiger partial charge in [0.05, 0.1) is 25.9 Å². The van der Waals surface area contributed by atoms with Crippen molar-refractivity contribution in [3.05, 3.63) is 5.82 Å². The second-order valence-corrected chi connectivity index (χ2v) is 5.87. The molecule has 5 nitrogen and oxygen atoms in total. The van der Waals surface area contributed by atoms with Gasteiger partial charge >= 0.3 is 0 Å². The summed E-state index contributed by atoms with van der Waals surface area (Å²) in [6.07, 6.45) is 0.116. The van der Waals surface area contributed by atoms with Crippen LogP contribution in [0.5, 0.6) is 0 Å². The Labute approximate surface area is 106 Å². The zero-order chi connectivity index (χ0) is 12.3. The minimum atomic E-state index is 0.000873. The molecule has 0 bridgehead atoms. The third-order valence-electron chi connectivity index (χ3n) is 2.46. The predicted octanol–water partition coefficient (Wildman–Crippen LogP) is 1.66. The fraction of sp³-hybridized carbons (Fsp3) is 0.818. The van der Waals surface area contributed by atoms with Crippen molar-refractivity contribution in [2.75, 3.05) is 31.7 Å². The van der Waals surface area contributed by atoms with E-state index in [-0.39, 0.29) is 11.5 Å². The third kappa shape index (κ3) is 3.62. The van der Waals surface area contributed by atoms with Gasteiger partial charge in [0.25, 0.3) is 0 Å². The number of nitrogens with one attached hydrogen (secondary N) is 1. The molecule has 1 unspecified atom stereocenters. The average Bonchev–Trinajstić information content (AvgIpc) is 2.76. The van der Waals surface area contributed by atoms with Crippen molar-refractivity contribution in [1.82, 2.24) is 9.36 Å². The van der Waals surface area contributed by atoms with Crippen LogP contribution in [0.15, 0.2) is 0 Å². The Hall–Kier alpha value is -0.720. The predicted molar refractivity (Wildman–Crippen MR) is 67.7 cm³/mol. The van der Waals surface area contributed by atoms with Gasteiger partial charge in [-0.2, -0.15) is 4.37 Å². The van der Waals surface area contributed by atoms with Crippen LogP contribution in [0.4, 0.5) is 5.13 Å². The summed E-state index contributed by atoms with van der Waals surface area (Å²) in [5.74, 6) is 0.880. The van der Waals surface area contributed by atoms with Gasteiger partial charge in [0.2, 0.25) is 5.13 Å². The van der Waals surface area contributed by atoms with E-state index in [2.05, 4.69) is 35.4 Å². The molecule has 0 spiro atoms. The smallest absolute Gasteiger partial charge is 0.202 e. The molecule has 1 aromatic rings. The van der Waals surface area contributed by atoms with Crippen LogP contribution in [0.25, 0.3) is 0 Å². The van der Waals surface area contributed by atoms with Crippen LogP contribution in [0.3, 0.4) is 0 Å². The van der Waals surface area contributed by atoms with Gasteiger partial charge in [0, 0.05) is 23.5 Å². The zero-order valence-corrected chi connectivity index (χ0v) is 11.3. The highest BCUT2D eigenvalue weighted by atomic mass is 32.1. The molecule has 0 amide bonds. The van der Waals surface area contributed by atoms with Gasteiger partial charge in [-0.3, -0.25) is 0 Å². The van der Waals surface area contributed by atoms with E-state index in [1.54, 1.807) is 0 Å². The second kappa shape index (κ2) is 5.29. The van der Waals surface area contributed by atoms with E-state index >= 15 is 0 Å². The van der Waals surface area contributed by atoms with Crippen LogP contribution in [0.2, 0.25) is 0 Å². The number of aromatic nitrogens is 2. The molecule has 1 saturated heterocycles. The second-order valence-electron chi connectivity index (χ2n) is 5.12. The van der Waals surface area contributed by atoms with Crippen molar-refractivity contribution in [3.8, 4) is 0 Å². The van der Waals surface area contributed by atoms with E-state index in [1.165, 1.54) is 11.5 Å². The van der Waals surface area contributed by atoms with Gasteiger partial charge in [0.15, 0.2) is 0 Å². The maximum atomic E-state index is 5.54.